The van der Waals surface area contributed by atoms with Crippen molar-refractivity contribution < 1.29 is 30.6 Å². The van der Waals surface area contributed by atoms with Crippen molar-refractivity contribution in [2.75, 3.05) is 0 Å². The van der Waals surface area contributed by atoms with Gasteiger partial charge in [-0.05, 0) is 255 Å². The highest BCUT2D eigenvalue weighted by Crippen LogP contribution is 2.50. The van der Waals surface area contributed by atoms with Crippen LogP contribution in [0, 0.1) is 83.1 Å². The number of fused-ring (bicyclic) bond motifs is 12. The second kappa shape index (κ2) is 34.8. The summed E-state index contributed by atoms with van der Waals surface area (Å²) in [6.07, 6.45) is -1.82. The largest absolute Gasteiger partial charge is 0.384 e. The molecule has 0 heterocycles. The maximum absolute atomic E-state index is 13.3. The number of hydrogen-bond acceptors (Lipinski definition) is 6. The van der Waals surface area contributed by atoms with E-state index in [2.05, 4.69) is 343 Å². The fourth-order valence-electron chi connectivity index (χ4n) is 20.1. The number of rotatable bonds is 18. The third-order valence-electron chi connectivity index (χ3n) is 24.9. The Morgan fingerprint density at radius 1 is 0.175 bits per heavy atom. The molecule has 6 nitrogen and oxygen atoms in total. The van der Waals surface area contributed by atoms with Crippen molar-refractivity contribution in [3.05, 3.63) is 419 Å². The number of aliphatic hydroxyl groups excluding tert-OH is 6. The lowest BCUT2D eigenvalue weighted by Crippen LogP contribution is -2.16. The molecule has 12 atom stereocenters. The van der Waals surface area contributed by atoms with Gasteiger partial charge >= 0.3 is 0 Å². The van der Waals surface area contributed by atoms with Gasteiger partial charge in [0.1, 0.15) is 36.6 Å². The van der Waals surface area contributed by atoms with Crippen molar-refractivity contribution in [1.82, 2.24) is 0 Å². The second-order valence-electron chi connectivity index (χ2n) is 34.0. The van der Waals surface area contributed by atoms with E-state index in [0.29, 0.717) is 38.5 Å². The van der Waals surface area contributed by atoms with Gasteiger partial charge in [0.05, 0.1) is 0 Å². The lowest BCUT2D eigenvalue weighted by atomic mass is 9.74. The quantitative estimate of drug-likeness (QED) is 0.0509. The van der Waals surface area contributed by atoms with Gasteiger partial charge in [0.2, 0.25) is 0 Å². The fraction of sp³-hybridized carbons (Fsp3) is 0.333. The van der Waals surface area contributed by atoms with Crippen molar-refractivity contribution in [3.8, 4) is 0 Å². The average molecular weight is 1510 g/mol. The van der Waals surface area contributed by atoms with Gasteiger partial charge in [-0.15, -0.1) is 0 Å². The monoisotopic (exact) mass is 1510 g/mol. The summed E-state index contributed by atoms with van der Waals surface area (Å²) in [7, 11) is 0. The predicted molar refractivity (Wildman–Crippen MR) is 471 cm³/mol. The Kier molecular flexibility index (Phi) is 25.2. The number of aliphatic hydroxyl groups is 6. The zero-order chi connectivity index (χ0) is 81.4. The minimum absolute atomic E-state index is 0.259. The minimum atomic E-state index is -0.980. The van der Waals surface area contributed by atoms with Gasteiger partial charge in [0.15, 0.2) is 0 Å². The van der Waals surface area contributed by atoms with Crippen LogP contribution < -0.4 is 0 Å². The topological polar surface area (TPSA) is 121 Å². The molecule has 13 rings (SSSR count). The van der Waals surface area contributed by atoms with E-state index < -0.39 is 36.6 Å². The first-order chi connectivity index (χ1) is 54.6. The smallest absolute Gasteiger partial charge is 0.104 e. The molecule has 114 heavy (non-hydrogen) atoms. The van der Waals surface area contributed by atoms with Gasteiger partial charge in [-0.25, -0.2) is 0 Å². The van der Waals surface area contributed by atoms with Crippen LogP contribution in [0.1, 0.15) is 352 Å². The van der Waals surface area contributed by atoms with Crippen molar-refractivity contribution in [2.24, 2.45) is 0 Å². The zero-order valence-electron chi connectivity index (χ0n) is 70.6. The third kappa shape index (κ3) is 17.1. The number of aryl methyl sites for hydroxylation is 12. The summed E-state index contributed by atoms with van der Waals surface area (Å²) in [6.45, 7) is 38.6. The summed E-state index contributed by atoms with van der Waals surface area (Å²) in [5.74, 6) is -1.55. The molecule has 0 amide bonds. The summed E-state index contributed by atoms with van der Waals surface area (Å²) in [6, 6.07) is 78.9. The van der Waals surface area contributed by atoms with Gasteiger partial charge in [-0.2, -0.15) is 0 Å². The van der Waals surface area contributed by atoms with E-state index >= 15 is 0 Å². The van der Waals surface area contributed by atoms with Gasteiger partial charge in [-0.1, -0.05) is 327 Å². The SMILES string of the molecule is CCC1c2ccc(C(O)c3cc(C)cc(C)c3)c(c2)C(CC)c2ccc(C(O)c3cc(C)cc(C)c3)c(c2)C(CC)c2ccc(C(O)c3cc(C)cc(C)c3)c(c2)C(CC)c2ccc(C(O)c3cc(C)cc(C)c3)c(c2)C(CC)c2ccc(C(O)c3cc(C)cc(C)c3)c(c2)C(CC)c2ccc(C(O)c3cc(C)cc(C)c3)c1c2. The molecule has 6 N–H and O–H groups in total. The van der Waals surface area contributed by atoms with E-state index in [1.165, 1.54) is 0 Å². The predicted octanol–water partition coefficient (Wildman–Crippen LogP) is 25.4. The van der Waals surface area contributed by atoms with Crippen LogP contribution in [-0.2, 0) is 0 Å². The molecule has 12 unspecified atom stereocenters. The van der Waals surface area contributed by atoms with Gasteiger partial charge in [-0.3, -0.25) is 0 Å². The molecular formula is C108H120O6. The Labute approximate surface area is 680 Å². The van der Waals surface area contributed by atoms with Crippen LogP contribution in [0.3, 0.4) is 0 Å². The lowest BCUT2D eigenvalue weighted by Gasteiger charge is -2.31. The maximum Gasteiger partial charge on any atom is 0.104 e. The Morgan fingerprint density at radius 2 is 0.289 bits per heavy atom. The van der Waals surface area contributed by atoms with Crippen molar-refractivity contribution in [2.45, 2.75) is 235 Å². The van der Waals surface area contributed by atoms with Gasteiger partial charge in [0, 0.05) is 35.5 Å². The van der Waals surface area contributed by atoms with E-state index in [0.717, 1.165) is 200 Å². The van der Waals surface area contributed by atoms with Crippen LogP contribution in [0.4, 0.5) is 0 Å². The van der Waals surface area contributed by atoms with Gasteiger partial charge < -0.3 is 30.6 Å². The molecule has 1 aliphatic carbocycles. The Bertz CT molecular complexity index is 4520. The molecule has 0 fully saturated rings. The fourth-order valence-corrected chi connectivity index (χ4v) is 20.1. The van der Waals surface area contributed by atoms with Crippen LogP contribution in [0.25, 0.3) is 0 Å². The molecule has 12 bridgehead atoms. The minimum Gasteiger partial charge on any atom is -0.384 e. The molecule has 0 saturated carbocycles. The first-order valence-corrected chi connectivity index (χ1v) is 42.0. The normalized spacial score (nSPS) is 18.0. The summed E-state index contributed by atoms with van der Waals surface area (Å²) in [4.78, 5) is 0. The molecular weight excluding hydrogens is 1390 g/mol. The molecule has 0 aromatic heterocycles. The summed E-state index contributed by atoms with van der Waals surface area (Å²) >= 11 is 0. The van der Waals surface area contributed by atoms with E-state index in [4.69, 9.17) is 0 Å². The number of benzene rings is 12. The molecule has 0 aliphatic heterocycles. The van der Waals surface area contributed by atoms with Crippen molar-refractivity contribution in [3.63, 3.8) is 0 Å². The lowest BCUT2D eigenvalue weighted by molar-refractivity contribution is 0.218. The molecule has 588 valence electrons. The summed E-state index contributed by atoms with van der Waals surface area (Å²) in [5.41, 5.74) is 35.1. The van der Waals surface area contributed by atoms with Crippen LogP contribution in [0.2, 0.25) is 0 Å². The molecule has 0 radical (unpaired) electrons. The van der Waals surface area contributed by atoms with E-state index in [-0.39, 0.29) is 35.5 Å². The zero-order valence-corrected chi connectivity index (χ0v) is 70.6. The van der Waals surface area contributed by atoms with Crippen LogP contribution in [0.5, 0.6) is 0 Å². The molecule has 0 spiro atoms. The van der Waals surface area contributed by atoms with Crippen molar-refractivity contribution in [1.29, 1.82) is 0 Å². The number of hydrogen-bond donors (Lipinski definition) is 6. The second-order valence-corrected chi connectivity index (χ2v) is 34.0. The highest BCUT2D eigenvalue weighted by molar-refractivity contribution is 5.59. The molecule has 12 aromatic carbocycles. The first kappa shape index (κ1) is 82.4. The summed E-state index contributed by atoms with van der Waals surface area (Å²) in [5, 5.41) is 79.8. The van der Waals surface area contributed by atoms with Crippen LogP contribution >= 0.6 is 0 Å². The molecule has 0 saturated heterocycles. The van der Waals surface area contributed by atoms with Crippen LogP contribution in [-0.4, -0.2) is 30.6 Å². The Morgan fingerprint density at radius 3 is 0.395 bits per heavy atom. The molecule has 6 heteroatoms. The van der Waals surface area contributed by atoms with E-state index in [9.17, 15) is 30.6 Å². The molecule has 1 aliphatic rings. The first-order valence-electron chi connectivity index (χ1n) is 42.0. The highest BCUT2D eigenvalue weighted by Gasteiger charge is 2.35. The molecule has 12 aromatic rings. The summed E-state index contributed by atoms with van der Waals surface area (Å²) < 4.78 is 0. The Hall–Kier alpha value is -9.60. The van der Waals surface area contributed by atoms with Crippen molar-refractivity contribution >= 4 is 0 Å². The van der Waals surface area contributed by atoms with E-state index in [1.807, 2.05) is 0 Å². The van der Waals surface area contributed by atoms with Gasteiger partial charge in [0.25, 0.3) is 0 Å². The standard InChI is InChI=1S/C108H120O6/c1-19-85-73-25-31-92(104(110)80-45-63(9)38-64(10)46-80)98(55-73)87(21-3)75-27-33-94(106(112)82-49-67(13)40-68(14)50-82)100(57-75)89(23-5)77-29-35-96(108(114)84-53-71(17)42-72(18)54-84)102(59-77)90(24-6)78-30-36-95(107(113)83-51-69(15)41-70(16)52-83)101(60-78)88(22-4)76-28-34-93(105(111)81-47-65(11)39-66(12)48-81)99(58-76)86(20-2)74-26-32-91(97(85)56-74)103(109)79-43-61(7)37-62(8)44-79/h25-60,85-90,103-114H,19-24H2,1-18H3. The van der Waals surface area contributed by atoms with E-state index in [1.54, 1.807) is 0 Å². The average Bonchev–Trinajstić information content (AvgIpc) is 0.761. The third-order valence-corrected chi connectivity index (χ3v) is 24.9. The highest BCUT2D eigenvalue weighted by atomic mass is 16.3. The maximum atomic E-state index is 13.3. The Balaban J connectivity index is 1.16. The van der Waals surface area contributed by atoms with Crippen LogP contribution in [0.15, 0.2) is 218 Å².